The van der Waals surface area contributed by atoms with Crippen LogP contribution in [-0.2, 0) is 33.5 Å². The highest BCUT2D eigenvalue weighted by Crippen LogP contribution is 2.12. The number of hydrogen-bond acceptors (Lipinski definition) is 6. The van der Waals surface area contributed by atoms with Crippen molar-refractivity contribution in [2.75, 3.05) is 13.2 Å². The van der Waals surface area contributed by atoms with Gasteiger partial charge < -0.3 is 14.2 Å². The van der Waals surface area contributed by atoms with Gasteiger partial charge in [0.1, 0.15) is 13.2 Å². The number of carbonyl (C=O) groups is 3. The molecule has 0 aliphatic rings. The topological polar surface area (TPSA) is 78.9 Å². The van der Waals surface area contributed by atoms with Crippen LogP contribution in [0, 0.1) is 0 Å². The average Bonchev–Trinajstić information content (AvgIpc) is 2.94. The highest BCUT2D eigenvalue weighted by Gasteiger charge is 2.21. The first-order valence-corrected chi connectivity index (χ1v) is 12.3. The quantitative estimate of drug-likeness (QED) is 0.258. The van der Waals surface area contributed by atoms with Gasteiger partial charge in [-0.2, -0.15) is 0 Å². The molecule has 6 nitrogen and oxygen atoms in total. The van der Waals surface area contributed by atoms with Crippen molar-refractivity contribution in [3.05, 3.63) is 106 Å². The molecule has 0 aliphatic heterocycles. The minimum atomic E-state index is -0.971. The van der Waals surface area contributed by atoms with Gasteiger partial charge in [0.05, 0.1) is 16.7 Å². The van der Waals surface area contributed by atoms with E-state index in [-0.39, 0.29) is 13.2 Å². The van der Waals surface area contributed by atoms with E-state index in [4.69, 9.17) is 14.2 Å². The Morgan fingerprint density at radius 2 is 0.833 bits per heavy atom. The van der Waals surface area contributed by atoms with E-state index in [9.17, 15) is 14.4 Å². The van der Waals surface area contributed by atoms with Gasteiger partial charge in [-0.1, -0.05) is 57.2 Å². The second-order valence-electron chi connectivity index (χ2n) is 8.38. The fraction of sp³-hybridized carbons (Fsp3) is 0.300. The summed E-state index contributed by atoms with van der Waals surface area (Å²) in [6, 6.07) is 21.3. The van der Waals surface area contributed by atoms with Crippen molar-refractivity contribution in [2.24, 2.45) is 0 Å². The normalized spacial score (nSPS) is 10.7. The Labute approximate surface area is 212 Å². The fourth-order valence-corrected chi connectivity index (χ4v) is 3.47. The first-order valence-electron chi connectivity index (χ1n) is 12.3. The molecule has 0 unspecified atom stereocenters. The molecule has 0 saturated heterocycles. The molecular weight excluding hydrogens is 456 g/mol. The lowest BCUT2D eigenvalue weighted by Crippen LogP contribution is -2.31. The Kier molecular flexibility index (Phi) is 9.81. The SMILES string of the molecule is CCc1ccc(C(=O)OCC(COC(=O)c2ccc(CC)cc2)OC(=O)c2ccc(CC)cc2)cc1. The molecule has 0 aliphatic carbocycles. The van der Waals surface area contributed by atoms with Gasteiger partial charge in [-0.05, 0) is 72.4 Å². The Bertz CT molecular complexity index is 1080. The third-order valence-electron chi connectivity index (χ3n) is 5.87. The average molecular weight is 489 g/mol. The largest absolute Gasteiger partial charge is 0.458 e. The third-order valence-corrected chi connectivity index (χ3v) is 5.87. The van der Waals surface area contributed by atoms with Crippen molar-refractivity contribution in [3.63, 3.8) is 0 Å². The maximum Gasteiger partial charge on any atom is 0.338 e. The molecule has 6 heteroatoms. The minimum absolute atomic E-state index is 0.255. The number of esters is 3. The number of rotatable bonds is 11. The van der Waals surface area contributed by atoms with Gasteiger partial charge in [-0.3, -0.25) is 0 Å². The van der Waals surface area contributed by atoms with Gasteiger partial charge >= 0.3 is 17.9 Å². The summed E-state index contributed by atoms with van der Waals surface area (Å²) in [4.78, 5) is 37.8. The van der Waals surface area contributed by atoms with E-state index in [2.05, 4.69) is 0 Å². The van der Waals surface area contributed by atoms with Gasteiger partial charge in [0.15, 0.2) is 6.10 Å². The van der Waals surface area contributed by atoms with Crippen LogP contribution in [0.1, 0.15) is 68.5 Å². The summed E-state index contributed by atoms with van der Waals surface area (Å²) < 4.78 is 16.4. The molecule has 36 heavy (non-hydrogen) atoms. The lowest BCUT2D eigenvalue weighted by atomic mass is 10.1. The smallest absolute Gasteiger partial charge is 0.338 e. The minimum Gasteiger partial charge on any atom is -0.458 e. The number of hydrogen-bond donors (Lipinski definition) is 0. The first kappa shape index (κ1) is 26.7. The summed E-state index contributed by atoms with van der Waals surface area (Å²) in [6.45, 7) is 5.57. The second kappa shape index (κ2) is 13.2. The lowest BCUT2D eigenvalue weighted by Gasteiger charge is -2.18. The standard InChI is InChI=1S/C30H32O6/c1-4-21-7-13-24(14-8-21)28(31)34-19-27(36-30(33)26-17-11-23(6-3)12-18-26)20-35-29(32)25-15-9-22(5-2)10-16-25/h7-18,27H,4-6,19-20H2,1-3H3. The van der Waals surface area contributed by atoms with Crippen molar-refractivity contribution in [2.45, 2.75) is 46.1 Å². The maximum absolute atomic E-state index is 12.7. The van der Waals surface area contributed by atoms with E-state index in [1.807, 2.05) is 57.2 Å². The van der Waals surface area contributed by atoms with Gasteiger partial charge in [0.2, 0.25) is 0 Å². The van der Waals surface area contributed by atoms with E-state index in [1.165, 1.54) is 0 Å². The molecule has 0 bridgehead atoms. The van der Waals surface area contributed by atoms with Crippen molar-refractivity contribution < 1.29 is 28.6 Å². The van der Waals surface area contributed by atoms with Crippen LogP contribution in [0.5, 0.6) is 0 Å². The molecule has 0 fully saturated rings. The Morgan fingerprint density at radius 1 is 0.528 bits per heavy atom. The molecular formula is C30H32O6. The molecule has 0 saturated carbocycles. The van der Waals surface area contributed by atoms with Gasteiger partial charge in [0.25, 0.3) is 0 Å². The van der Waals surface area contributed by atoms with Crippen LogP contribution in [0.15, 0.2) is 72.8 Å². The summed E-state index contributed by atoms with van der Waals surface area (Å²) in [7, 11) is 0. The van der Waals surface area contributed by atoms with E-state index in [1.54, 1.807) is 36.4 Å². The monoisotopic (exact) mass is 488 g/mol. The highest BCUT2D eigenvalue weighted by atomic mass is 16.6. The van der Waals surface area contributed by atoms with Crippen LogP contribution in [0.3, 0.4) is 0 Å². The zero-order valence-corrected chi connectivity index (χ0v) is 21.0. The van der Waals surface area contributed by atoms with Crippen LogP contribution < -0.4 is 0 Å². The molecule has 0 radical (unpaired) electrons. The number of carbonyl (C=O) groups excluding carboxylic acids is 3. The van der Waals surface area contributed by atoms with Gasteiger partial charge in [-0.15, -0.1) is 0 Å². The van der Waals surface area contributed by atoms with E-state index < -0.39 is 24.0 Å². The van der Waals surface area contributed by atoms with Gasteiger partial charge in [-0.25, -0.2) is 14.4 Å². The summed E-state index contributed by atoms with van der Waals surface area (Å²) in [5.41, 5.74) is 4.44. The molecule has 0 spiro atoms. The van der Waals surface area contributed by atoms with Crippen LogP contribution in [0.4, 0.5) is 0 Å². The molecule has 0 heterocycles. The van der Waals surface area contributed by atoms with Crippen LogP contribution in [0.25, 0.3) is 0 Å². The second-order valence-corrected chi connectivity index (χ2v) is 8.38. The molecule has 3 rings (SSSR count). The van der Waals surface area contributed by atoms with Crippen LogP contribution >= 0.6 is 0 Å². The van der Waals surface area contributed by atoms with Crippen LogP contribution in [-0.4, -0.2) is 37.2 Å². The van der Waals surface area contributed by atoms with E-state index >= 15 is 0 Å². The van der Waals surface area contributed by atoms with E-state index in [0.717, 1.165) is 36.0 Å². The molecule has 0 atom stereocenters. The summed E-state index contributed by atoms with van der Waals surface area (Å²) in [6.07, 6.45) is 1.60. The van der Waals surface area contributed by atoms with Crippen molar-refractivity contribution >= 4 is 17.9 Å². The highest BCUT2D eigenvalue weighted by molar-refractivity contribution is 5.91. The van der Waals surface area contributed by atoms with Crippen molar-refractivity contribution in [1.82, 2.24) is 0 Å². The molecule has 0 N–H and O–H groups in total. The molecule has 188 valence electrons. The Morgan fingerprint density at radius 3 is 1.14 bits per heavy atom. The zero-order valence-electron chi connectivity index (χ0n) is 21.0. The first-order chi connectivity index (χ1) is 17.4. The number of benzene rings is 3. The van der Waals surface area contributed by atoms with Crippen molar-refractivity contribution in [3.8, 4) is 0 Å². The molecule has 3 aromatic carbocycles. The number of ether oxygens (including phenoxy) is 3. The van der Waals surface area contributed by atoms with Gasteiger partial charge in [0, 0.05) is 0 Å². The molecule has 0 aromatic heterocycles. The lowest BCUT2D eigenvalue weighted by molar-refractivity contribution is -0.0253. The molecule has 3 aromatic rings. The van der Waals surface area contributed by atoms with Crippen LogP contribution in [0.2, 0.25) is 0 Å². The van der Waals surface area contributed by atoms with Crippen molar-refractivity contribution in [1.29, 1.82) is 0 Å². The molecule has 0 amide bonds. The fourth-order valence-electron chi connectivity index (χ4n) is 3.47. The van der Waals surface area contributed by atoms with E-state index in [0.29, 0.717) is 16.7 Å². The summed E-state index contributed by atoms with van der Waals surface area (Å²) >= 11 is 0. The predicted octanol–water partition coefficient (Wildman–Crippen LogP) is 5.61. The Balaban J connectivity index is 1.66. The predicted molar refractivity (Wildman–Crippen MR) is 137 cm³/mol. The zero-order chi connectivity index (χ0) is 25.9. The Hall–Kier alpha value is -3.93. The maximum atomic E-state index is 12.7. The third kappa shape index (κ3) is 7.54. The summed E-state index contributed by atoms with van der Waals surface area (Å²) in [5, 5.41) is 0. The summed E-state index contributed by atoms with van der Waals surface area (Å²) in [5.74, 6) is -1.69. The number of aryl methyl sites for hydroxylation is 3.